The number of nitrogens with two attached hydrogens (primary N) is 3. The van der Waals surface area contributed by atoms with Gasteiger partial charge in [-0.15, -0.1) is 0 Å². The topological polar surface area (TPSA) is 215 Å². The maximum absolute atomic E-state index is 13.1. The van der Waals surface area contributed by atoms with Crippen molar-refractivity contribution in [1.82, 2.24) is 16.0 Å². The minimum absolute atomic E-state index is 0.0512. The Morgan fingerprint density at radius 3 is 2.21 bits per heavy atom. The fraction of sp³-hybridized carbons (Fsp3) is 0.500. The number of carboxylic acids is 1. The van der Waals surface area contributed by atoms with Crippen molar-refractivity contribution in [2.45, 2.75) is 51.2 Å². The van der Waals surface area contributed by atoms with Gasteiger partial charge in [-0.3, -0.25) is 24.2 Å². The predicted octanol–water partition coefficient (Wildman–Crippen LogP) is -1.56. The van der Waals surface area contributed by atoms with Crippen LogP contribution in [0.4, 0.5) is 0 Å². The van der Waals surface area contributed by atoms with Crippen LogP contribution < -0.4 is 33.2 Å². The molecule has 3 atom stereocenters. The van der Waals surface area contributed by atoms with E-state index in [1.807, 2.05) is 6.07 Å². The molecule has 34 heavy (non-hydrogen) atoms. The Hall–Kier alpha value is -3.67. The van der Waals surface area contributed by atoms with E-state index >= 15 is 0 Å². The zero-order valence-corrected chi connectivity index (χ0v) is 19.5. The lowest BCUT2D eigenvalue weighted by Gasteiger charge is -2.26. The van der Waals surface area contributed by atoms with Crippen LogP contribution in [0.5, 0.6) is 0 Å². The first-order valence-corrected chi connectivity index (χ1v) is 11.0. The third-order valence-electron chi connectivity index (χ3n) is 4.88. The summed E-state index contributed by atoms with van der Waals surface area (Å²) in [7, 11) is 0. The summed E-state index contributed by atoms with van der Waals surface area (Å²) in [6, 6.07) is 6.16. The van der Waals surface area contributed by atoms with Crippen molar-refractivity contribution in [2.24, 2.45) is 28.1 Å². The Labute approximate surface area is 198 Å². The SMILES string of the molecule is CC(C)C(NC(=O)C(Cc1ccccc1)NC(=O)C(N)CCCN=C(N)N)C(=O)NCC(=O)O. The van der Waals surface area contributed by atoms with Gasteiger partial charge in [0.15, 0.2) is 5.96 Å². The zero-order valence-electron chi connectivity index (χ0n) is 19.5. The minimum atomic E-state index is -1.20. The molecule has 3 unspecified atom stereocenters. The normalized spacial score (nSPS) is 13.3. The molecule has 0 radical (unpaired) electrons. The van der Waals surface area contributed by atoms with Crippen molar-refractivity contribution in [3.63, 3.8) is 0 Å². The number of aliphatic carboxylic acids is 1. The van der Waals surface area contributed by atoms with Crippen LogP contribution in [0.25, 0.3) is 0 Å². The summed E-state index contributed by atoms with van der Waals surface area (Å²) in [6.45, 7) is 3.17. The summed E-state index contributed by atoms with van der Waals surface area (Å²) in [6.07, 6.45) is 0.941. The smallest absolute Gasteiger partial charge is 0.322 e. The van der Waals surface area contributed by atoms with E-state index in [2.05, 4.69) is 20.9 Å². The Morgan fingerprint density at radius 2 is 1.65 bits per heavy atom. The van der Waals surface area contributed by atoms with Gasteiger partial charge in [-0.1, -0.05) is 44.2 Å². The van der Waals surface area contributed by atoms with Crippen LogP contribution in [-0.4, -0.2) is 66.0 Å². The fourth-order valence-electron chi connectivity index (χ4n) is 3.05. The number of carbonyl (C=O) groups excluding carboxylic acids is 3. The molecule has 1 rings (SSSR count). The molecular weight excluding hydrogens is 442 g/mol. The lowest BCUT2D eigenvalue weighted by atomic mass is 10.0. The first-order chi connectivity index (χ1) is 16.0. The van der Waals surface area contributed by atoms with Crippen LogP contribution in [0.2, 0.25) is 0 Å². The Balaban J connectivity index is 2.91. The average Bonchev–Trinajstić information content (AvgIpc) is 2.78. The highest BCUT2D eigenvalue weighted by Crippen LogP contribution is 2.08. The van der Waals surface area contributed by atoms with Crippen LogP contribution in [0.3, 0.4) is 0 Å². The molecule has 0 saturated heterocycles. The van der Waals surface area contributed by atoms with E-state index in [9.17, 15) is 19.2 Å². The third-order valence-corrected chi connectivity index (χ3v) is 4.88. The van der Waals surface area contributed by atoms with Gasteiger partial charge in [-0.2, -0.15) is 0 Å². The van der Waals surface area contributed by atoms with E-state index in [1.54, 1.807) is 38.1 Å². The summed E-state index contributed by atoms with van der Waals surface area (Å²) in [5.74, 6) is -3.34. The van der Waals surface area contributed by atoms with Crippen LogP contribution in [-0.2, 0) is 25.6 Å². The number of nitrogens with zero attached hydrogens (tertiary/aromatic N) is 1. The van der Waals surface area contributed by atoms with Crippen molar-refractivity contribution in [1.29, 1.82) is 0 Å². The molecule has 12 nitrogen and oxygen atoms in total. The number of guanidine groups is 1. The fourth-order valence-corrected chi connectivity index (χ4v) is 3.05. The Kier molecular flexibility index (Phi) is 12.1. The molecule has 3 amide bonds. The number of carboxylic acid groups (broad SMARTS) is 1. The van der Waals surface area contributed by atoms with Gasteiger partial charge < -0.3 is 38.3 Å². The van der Waals surface area contributed by atoms with Gasteiger partial charge >= 0.3 is 5.97 Å². The van der Waals surface area contributed by atoms with Crippen LogP contribution in [0, 0.1) is 5.92 Å². The van der Waals surface area contributed by atoms with Crippen molar-refractivity contribution in [3.8, 4) is 0 Å². The molecule has 10 N–H and O–H groups in total. The second-order valence-corrected chi connectivity index (χ2v) is 8.15. The molecule has 0 aliphatic rings. The third kappa shape index (κ3) is 10.8. The number of hydrogen-bond acceptors (Lipinski definition) is 6. The maximum atomic E-state index is 13.1. The molecule has 0 saturated carbocycles. The van der Waals surface area contributed by atoms with Gasteiger partial charge in [0.2, 0.25) is 17.7 Å². The van der Waals surface area contributed by atoms with E-state index in [-0.39, 0.29) is 18.3 Å². The zero-order chi connectivity index (χ0) is 25.7. The van der Waals surface area contributed by atoms with Crippen LogP contribution in [0.15, 0.2) is 35.3 Å². The summed E-state index contributed by atoms with van der Waals surface area (Å²) in [5.41, 5.74) is 17.3. The predicted molar refractivity (Wildman–Crippen MR) is 127 cm³/mol. The summed E-state index contributed by atoms with van der Waals surface area (Å²) >= 11 is 0. The van der Waals surface area contributed by atoms with Gasteiger partial charge in [0.25, 0.3) is 0 Å². The van der Waals surface area contributed by atoms with Crippen molar-refractivity contribution in [3.05, 3.63) is 35.9 Å². The van der Waals surface area contributed by atoms with E-state index in [0.717, 1.165) is 5.56 Å². The molecule has 188 valence electrons. The van der Waals surface area contributed by atoms with E-state index in [1.165, 1.54) is 0 Å². The number of rotatable bonds is 14. The molecule has 0 spiro atoms. The molecular formula is C22H35N7O5. The lowest BCUT2D eigenvalue weighted by molar-refractivity contribution is -0.139. The quantitative estimate of drug-likeness (QED) is 0.0942. The molecule has 12 heteroatoms. The van der Waals surface area contributed by atoms with Gasteiger partial charge in [0.1, 0.15) is 18.6 Å². The van der Waals surface area contributed by atoms with Crippen molar-refractivity contribution in [2.75, 3.05) is 13.1 Å². The largest absolute Gasteiger partial charge is 0.480 e. The lowest BCUT2D eigenvalue weighted by Crippen LogP contribution is -2.57. The van der Waals surface area contributed by atoms with Gasteiger partial charge in [-0.05, 0) is 24.3 Å². The number of benzene rings is 1. The van der Waals surface area contributed by atoms with E-state index in [4.69, 9.17) is 22.3 Å². The van der Waals surface area contributed by atoms with Crippen LogP contribution in [0.1, 0.15) is 32.3 Å². The Bertz CT molecular complexity index is 856. The van der Waals surface area contributed by atoms with Gasteiger partial charge in [0.05, 0.1) is 6.04 Å². The van der Waals surface area contributed by atoms with Gasteiger partial charge in [-0.25, -0.2) is 0 Å². The molecule has 0 aromatic heterocycles. The average molecular weight is 478 g/mol. The number of carbonyl (C=O) groups is 4. The number of amides is 3. The summed E-state index contributed by atoms with van der Waals surface area (Å²) < 4.78 is 0. The molecule has 1 aromatic carbocycles. The number of aliphatic imine (C=N–C) groups is 1. The first kappa shape index (κ1) is 28.4. The highest BCUT2D eigenvalue weighted by atomic mass is 16.4. The van der Waals surface area contributed by atoms with E-state index in [0.29, 0.717) is 19.4 Å². The molecule has 0 aliphatic carbocycles. The molecule has 0 heterocycles. The molecule has 0 bridgehead atoms. The molecule has 1 aromatic rings. The molecule has 0 aliphatic heterocycles. The summed E-state index contributed by atoms with van der Waals surface area (Å²) in [4.78, 5) is 52.8. The first-order valence-electron chi connectivity index (χ1n) is 11.0. The number of nitrogens with one attached hydrogen (secondary N) is 3. The Morgan fingerprint density at radius 1 is 1.00 bits per heavy atom. The van der Waals surface area contributed by atoms with Crippen molar-refractivity contribution >= 4 is 29.7 Å². The standard InChI is InChI=1S/C22H35N7O5/c1-13(2)18(21(34)27-12-17(30)31)29-20(33)16(11-14-7-4-3-5-8-14)28-19(32)15(23)9-6-10-26-22(24)25/h3-5,7-8,13,15-16,18H,6,9-12,23H2,1-2H3,(H,27,34)(H,28,32)(H,29,33)(H,30,31)(H4,24,25,26). The van der Waals surface area contributed by atoms with E-state index < -0.39 is 48.4 Å². The number of hydrogen-bond donors (Lipinski definition) is 7. The summed E-state index contributed by atoms with van der Waals surface area (Å²) in [5, 5.41) is 16.3. The highest BCUT2D eigenvalue weighted by molar-refractivity contribution is 5.94. The molecule has 0 fully saturated rings. The monoisotopic (exact) mass is 477 g/mol. The second-order valence-electron chi connectivity index (χ2n) is 8.15. The second kappa shape index (κ2) is 14.5. The van der Waals surface area contributed by atoms with Crippen molar-refractivity contribution < 1.29 is 24.3 Å². The van der Waals surface area contributed by atoms with Crippen LogP contribution >= 0.6 is 0 Å². The minimum Gasteiger partial charge on any atom is -0.480 e. The highest BCUT2D eigenvalue weighted by Gasteiger charge is 2.30. The van der Waals surface area contributed by atoms with Gasteiger partial charge in [0, 0.05) is 13.0 Å². The maximum Gasteiger partial charge on any atom is 0.322 e.